The first-order chi connectivity index (χ1) is 9.38. The minimum absolute atomic E-state index is 0.0626. The van der Waals surface area contributed by atoms with Crippen LogP contribution in [0.15, 0.2) is 18.2 Å². The number of hydrogen-bond acceptors (Lipinski definition) is 4. The number of carbonyl (C=O) groups is 2. The van der Waals surface area contributed by atoms with Crippen molar-refractivity contribution in [1.29, 1.82) is 0 Å². The van der Waals surface area contributed by atoms with Crippen LogP contribution in [0.3, 0.4) is 0 Å². The monoisotopic (exact) mass is 285 g/mol. The minimum Gasteiger partial charge on any atom is -0.481 e. The maximum Gasteiger partial charge on any atom is 0.319 e. The summed E-state index contributed by atoms with van der Waals surface area (Å²) in [6.45, 7) is 0.121. The summed E-state index contributed by atoms with van der Waals surface area (Å²) in [6, 6.07) is 1.98. The molecule has 0 unspecified atom stereocenters. The highest BCUT2D eigenvalue weighted by atomic mass is 19.1. The Bertz CT molecular complexity index is 535. The summed E-state index contributed by atoms with van der Waals surface area (Å²) in [5.41, 5.74) is -0.543. The number of carboxylic acids is 1. The first-order valence-corrected chi connectivity index (χ1v) is 5.60. The second kappa shape index (κ2) is 7.02. The molecule has 9 heteroatoms. The van der Waals surface area contributed by atoms with E-state index in [0.717, 1.165) is 18.2 Å². The summed E-state index contributed by atoms with van der Waals surface area (Å²) in [4.78, 5) is 31.4. The summed E-state index contributed by atoms with van der Waals surface area (Å²) in [5, 5.41) is 23.5. The molecule has 0 aromatic heterocycles. The van der Waals surface area contributed by atoms with Crippen LogP contribution in [-0.4, -0.2) is 28.6 Å². The van der Waals surface area contributed by atoms with Crippen molar-refractivity contribution >= 4 is 23.4 Å². The molecule has 1 aromatic rings. The Hall–Kier alpha value is -2.71. The van der Waals surface area contributed by atoms with E-state index in [1.165, 1.54) is 0 Å². The molecule has 0 aliphatic heterocycles. The number of carbonyl (C=O) groups excluding carboxylic acids is 1. The van der Waals surface area contributed by atoms with Crippen LogP contribution in [0, 0.1) is 15.9 Å². The molecule has 3 N–H and O–H groups in total. The molecule has 20 heavy (non-hydrogen) atoms. The van der Waals surface area contributed by atoms with Crippen molar-refractivity contribution in [2.45, 2.75) is 12.8 Å². The molecule has 0 aliphatic rings. The van der Waals surface area contributed by atoms with Gasteiger partial charge in [-0.3, -0.25) is 14.9 Å². The zero-order chi connectivity index (χ0) is 15.1. The van der Waals surface area contributed by atoms with Gasteiger partial charge in [-0.05, 0) is 12.5 Å². The van der Waals surface area contributed by atoms with E-state index in [1.54, 1.807) is 0 Å². The number of benzene rings is 1. The molecule has 108 valence electrons. The van der Waals surface area contributed by atoms with E-state index in [9.17, 15) is 24.1 Å². The highest BCUT2D eigenvalue weighted by molar-refractivity contribution is 5.89. The molecule has 1 rings (SSSR count). The van der Waals surface area contributed by atoms with Crippen LogP contribution in [0.4, 0.5) is 20.6 Å². The van der Waals surface area contributed by atoms with E-state index in [1.807, 2.05) is 0 Å². The predicted molar refractivity (Wildman–Crippen MR) is 66.9 cm³/mol. The molecule has 0 heterocycles. The van der Waals surface area contributed by atoms with Crippen LogP contribution in [0.2, 0.25) is 0 Å². The number of hydrogen-bond donors (Lipinski definition) is 3. The number of non-ortho nitro benzene ring substituents is 1. The topological polar surface area (TPSA) is 122 Å². The van der Waals surface area contributed by atoms with Crippen molar-refractivity contribution < 1.29 is 24.0 Å². The lowest BCUT2D eigenvalue weighted by Crippen LogP contribution is -2.29. The van der Waals surface area contributed by atoms with Crippen LogP contribution in [0.1, 0.15) is 12.8 Å². The molecule has 0 aliphatic carbocycles. The van der Waals surface area contributed by atoms with Crippen molar-refractivity contribution in [3.05, 3.63) is 34.1 Å². The number of urea groups is 1. The molecule has 1 aromatic carbocycles. The quantitative estimate of drug-likeness (QED) is 0.417. The van der Waals surface area contributed by atoms with E-state index in [2.05, 4.69) is 10.6 Å². The van der Waals surface area contributed by atoms with Gasteiger partial charge in [0.05, 0.1) is 16.7 Å². The normalized spacial score (nSPS) is 9.85. The van der Waals surface area contributed by atoms with Gasteiger partial charge in [0, 0.05) is 19.0 Å². The number of carboxylic acid groups (broad SMARTS) is 1. The first-order valence-electron chi connectivity index (χ1n) is 5.60. The molecule has 0 spiro atoms. The number of amides is 2. The summed E-state index contributed by atoms with van der Waals surface area (Å²) in [5.74, 6) is -1.83. The lowest BCUT2D eigenvalue weighted by Gasteiger charge is -2.07. The van der Waals surface area contributed by atoms with Crippen molar-refractivity contribution in [2.75, 3.05) is 11.9 Å². The van der Waals surface area contributed by atoms with Crippen molar-refractivity contribution in [3.8, 4) is 0 Å². The molecule has 0 atom stereocenters. The first kappa shape index (κ1) is 15.3. The number of aliphatic carboxylic acids is 1. The van der Waals surface area contributed by atoms with E-state index in [4.69, 9.17) is 5.11 Å². The van der Waals surface area contributed by atoms with Gasteiger partial charge in [0.1, 0.15) is 5.82 Å². The zero-order valence-electron chi connectivity index (χ0n) is 10.3. The lowest BCUT2D eigenvalue weighted by atomic mass is 10.2. The van der Waals surface area contributed by atoms with E-state index in [-0.39, 0.29) is 25.1 Å². The second-order valence-corrected chi connectivity index (χ2v) is 3.83. The van der Waals surface area contributed by atoms with Crippen molar-refractivity contribution in [2.24, 2.45) is 0 Å². The Morgan fingerprint density at radius 2 is 2.05 bits per heavy atom. The van der Waals surface area contributed by atoms with Crippen LogP contribution in [-0.2, 0) is 4.79 Å². The van der Waals surface area contributed by atoms with Gasteiger partial charge in [-0.25, -0.2) is 9.18 Å². The fourth-order valence-corrected chi connectivity index (χ4v) is 1.37. The maximum absolute atomic E-state index is 13.1. The van der Waals surface area contributed by atoms with Crippen molar-refractivity contribution in [1.82, 2.24) is 5.32 Å². The average molecular weight is 285 g/mol. The Kier molecular flexibility index (Phi) is 5.39. The Morgan fingerprint density at radius 3 is 2.65 bits per heavy atom. The maximum atomic E-state index is 13.1. The van der Waals surface area contributed by atoms with Crippen molar-refractivity contribution in [3.63, 3.8) is 0 Å². The number of rotatable bonds is 6. The summed E-state index contributed by atoms with van der Waals surface area (Å²) < 4.78 is 13.1. The largest absolute Gasteiger partial charge is 0.481 e. The molecule has 0 radical (unpaired) electrons. The van der Waals surface area contributed by atoms with Gasteiger partial charge in [-0.1, -0.05) is 0 Å². The number of anilines is 1. The standard InChI is InChI=1S/C11H12FN3O5/c12-7-4-8(6-9(5-7)15(19)20)14-11(18)13-3-1-2-10(16)17/h4-6H,1-3H2,(H,16,17)(H2,13,14,18). The number of nitro benzene ring substituents is 1. The van der Waals surface area contributed by atoms with Crippen LogP contribution >= 0.6 is 0 Å². The SMILES string of the molecule is O=C(O)CCCNC(=O)Nc1cc(F)cc([N+](=O)[O-])c1. The summed E-state index contributed by atoms with van der Waals surface area (Å²) >= 11 is 0. The molecular weight excluding hydrogens is 273 g/mol. The number of halogens is 1. The van der Waals surface area contributed by atoms with Gasteiger partial charge >= 0.3 is 12.0 Å². The molecule has 2 amide bonds. The Balaban J connectivity index is 2.53. The number of nitrogens with one attached hydrogen (secondary N) is 2. The third kappa shape index (κ3) is 5.29. The van der Waals surface area contributed by atoms with Gasteiger partial charge in [0.25, 0.3) is 5.69 Å². The number of nitro groups is 1. The smallest absolute Gasteiger partial charge is 0.319 e. The zero-order valence-corrected chi connectivity index (χ0v) is 10.3. The Morgan fingerprint density at radius 1 is 1.35 bits per heavy atom. The van der Waals surface area contributed by atoms with Gasteiger partial charge in [-0.15, -0.1) is 0 Å². The number of nitrogens with zero attached hydrogens (tertiary/aromatic N) is 1. The molecular formula is C11H12FN3O5. The molecule has 0 saturated heterocycles. The molecule has 0 fully saturated rings. The lowest BCUT2D eigenvalue weighted by molar-refractivity contribution is -0.385. The fourth-order valence-electron chi connectivity index (χ4n) is 1.37. The molecule has 0 saturated carbocycles. The molecule has 8 nitrogen and oxygen atoms in total. The van der Waals surface area contributed by atoms with Gasteiger partial charge in [-0.2, -0.15) is 0 Å². The highest BCUT2D eigenvalue weighted by Gasteiger charge is 2.11. The summed E-state index contributed by atoms with van der Waals surface area (Å²) in [6.07, 6.45) is 0.151. The van der Waals surface area contributed by atoms with E-state index < -0.39 is 28.4 Å². The third-order valence-corrected chi connectivity index (χ3v) is 2.20. The fraction of sp³-hybridized carbons (Fsp3) is 0.273. The van der Waals surface area contributed by atoms with Crippen LogP contribution in [0.5, 0.6) is 0 Å². The molecule has 0 bridgehead atoms. The van der Waals surface area contributed by atoms with Gasteiger partial charge in [0.15, 0.2) is 0 Å². The van der Waals surface area contributed by atoms with E-state index >= 15 is 0 Å². The summed E-state index contributed by atoms with van der Waals surface area (Å²) in [7, 11) is 0. The third-order valence-electron chi connectivity index (χ3n) is 2.20. The predicted octanol–water partition coefficient (Wildman–Crippen LogP) is 1.72. The highest BCUT2D eigenvalue weighted by Crippen LogP contribution is 2.19. The van der Waals surface area contributed by atoms with Gasteiger partial charge < -0.3 is 15.7 Å². The average Bonchev–Trinajstić information content (AvgIpc) is 2.33. The second-order valence-electron chi connectivity index (χ2n) is 3.83. The van der Waals surface area contributed by atoms with Crippen LogP contribution < -0.4 is 10.6 Å². The van der Waals surface area contributed by atoms with E-state index in [0.29, 0.717) is 0 Å². The minimum atomic E-state index is -0.979. The Labute approximate surface area is 112 Å². The van der Waals surface area contributed by atoms with Gasteiger partial charge in [0.2, 0.25) is 0 Å². The van der Waals surface area contributed by atoms with Crippen LogP contribution in [0.25, 0.3) is 0 Å².